The molecule has 0 aliphatic rings. The monoisotopic (exact) mass is 460 g/mol. The zero-order chi connectivity index (χ0) is 16.5. The van der Waals surface area contributed by atoms with Crippen molar-refractivity contribution in [1.29, 1.82) is 0 Å². The van der Waals surface area contributed by atoms with Gasteiger partial charge in [-0.1, -0.05) is 6.07 Å². The van der Waals surface area contributed by atoms with E-state index in [0.717, 1.165) is 42.0 Å². The molecule has 0 saturated carbocycles. The zero-order valence-corrected chi connectivity index (χ0v) is 17.5. The number of hydrogen-bond donors (Lipinski definition) is 2. The summed E-state index contributed by atoms with van der Waals surface area (Å²) < 4.78 is 0. The molecule has 132 valence electrons. The Morgan fingerprint density at radius 3 is 2.71 bits per heavy atom. The quantitative estimate of drug-likeness (QED) is 0.378. The topological polar surface area (TPSA) is 65.4 Å². The standard InChI is InChI=1S/C16H24N6S.HI/c1-4-17-15(19-10-8-13-7-5-6-9-18-13)20-11-14-12-23-16(21-14)22(2)3;/h5-7,9,12H,4,8,10-11H2,1-3H3,(H2,17,19,20);1H. The van der Waals surface area contributed by atoms with Gasteiger partial charge < -0.3 is 15.5 Å². The van der Waals surface area contributed by atoms with Crippen molar-refractivity contribution in [3.8, 4) is 0 Å². The molecule has 2 N–H and O–H groups in total. The molecule has 2 heterocycles. The third-order valence-electron chi connectivity index (χ3n) is 3.07. The maximum atomic E-state index is 4.59. The lowest BCUT2D eigenvalue weighted by Crippen LogP contribution is -2.38. The molecule has 0 spiro atoms. The van der Waals surface area contributed by atoms with Crippen LogP contribution in [0.3, 0.4) is 0 Å². The summed E-state index contributed by atoms with van der Waals surface area (Å²) in [6.07, 6.45) is 2.69. The molecule has 2 aromatic heterocycles. The predicted octanol–water partition coefficient (Wildman–Crippen LogP) is 2.52. The lowest BCUT2D eigenvalue weighted by Gasteiger charge is -2.10. The Kier molecular flexibility index (Phi) is 9.62. The van der Waals surface area contributed by atoms with Crippen molar-refractivity contribution in [2.45, 2.75) is 19.9 Å². The highest BCUT2D eigenvalue weighted by Crippen LogP contribution is 2.18. The van der Waals surface area contributed by atoms with Crippen LogP contribution in [0.1, 0.15) is 18.3 Å². The molecule has 0 aliphatic heterocycles. The molecule has 0 fully saturated rings. The van der Waals surface area contributed by atoms with Gasteiger partial charge in [0.15, 0.2) is 11.1 Å². The summed E-state index contributed by atoms with van der Waals surface area (Å²) in [6, 6.07) is 5.97. The summed E-state index contributed by atoms with van der Waals surface area (Å²) in [4.78, 5) is 15.5. The largest absolute Gasteiger partial charge is 0.357 e. The number of aliphatic imine (C=N–C) groups is 1. The van der Waals surface area contributed by atoms with E-state index in [9.17, 15) is 0 Å². The minimum absolute atomic E-state index is 0. The van der Waals surface area contributed by atoms with Crippen molar-refractivity contribution in [3.05, 3.63) is 41.2 Å². The van der Waals surface area contributed by atoms with Gasteiger partial charge in [-0.15, -0.1) is 35.3 Å². The number of rotatable bonds is 7. The number of aromatic nitrogens is 2. The van der Waals surface area contributed by atoms with Crippen molar-refractivity contribution < 1.29 is 0 Å². The Balaban J connectivity index is 0.00000288. The molecule has 2 rings (SSSR count). The van der Waals surface area contributed by atoms with Gasteiger partial charge in [-0.05, 0) is 19.1 Å². The second-order valence-corrected chi connectivity index (χ2v) is 6.05. The number of pyridine rings is 1. The molecule has 0 bridgehead atoms. The average Bonchev–Trinajstić information content (AvgIpc) is 3.03. The summed E-state index contributed by atoms with van der Waals surface area (Å²) in [7, 11) is 3.99. The van der Waals surface area contributed by atoms with Crippen LogP contribution in [-0.2, 0) is 13.0 Å². The Morgan fingerprint density at radius 2 is 2.08 bits per heavy atom. The molecular weight excluding hydrogens is 435 g/mol. The molecule has 0 radical (unpaired) electrons. The predicted molar refractivity (Wildman–Crippen MR) is 113 cm³/mol. The molecule has 24 heavy (non-hydrogen) atoms. The first-order valence-corrected chi connectivity index (χ1v) is 8.61. The van der Waals surface area contributed by atoms with Crippen LogP contribution in [0.4, 0.5) is 5.13 Å². The lowest BCUT2D eigenvalue weighted by molar-refractivity contribution is 0.786. The van der Waals surface area contributed by atoms with Gasteiger partial charge in [0.2, 0.25) is 0 Å². The first-order valence-electron chi connectivity index (χ1n) is 7.73. The molecule has 0 amide bonds. The van der Waals surface area contributed by atoms with Crippen molar-refractivity contribution >= 4 is 46.4 Å². The number of nitrogens with zero attached hydrogens (tertiary/aromatic N) is 4. The number of thiazole rings is 1. The fourth-order valence-corrected chi connectivity index (χ4v) is 2.68. The first-order chi connectivity index (χ1) is 11.2. The van der Waals surface area contributed by atoms with E-state index in [-0.39, 0.29) is 24.0 Å². The van der Waals surface area contributed by atoms with Gasteiger partial charge in [0, 0.05) is 50.9 Å². The van der Waals surface area contributed by atoms with Crippen molar-refractivity contribution in [3.63, 3.8) is 0 Å². The van der Waals surface area contributed by atoms with Crippen LogP contribution in [0, 0.1) is 0 Å². The number of halogens is 1. The maximum absolute atomic E-state index is 4.59. The number of anilines is 1. The van der Waals surface area contributed by atoms with Gasteiger partial charge in [-0.3, -0.25) is 4.98 Å². The van der Waals surface area contributed by atoms with E-state index in [1.807, 2.05) is 43.4 Å². The van der Waals surface area contributed by atoms with E-state index in [2.05, 4.69) is 37.9 Å². The zero-order valence-electron chi connectivity index (χ0n) is 14.3. The van der Waals surface area contributed by atoms with E-state index in [1.165, 1.54) is 0 Å². The molecule has 0 aliphatic carbocycles. The van der Waals surface area contributed by atoms with Crippen LogP contribution in [0.15, 0.2) is 34.8 Å². The van der Waals surface area contributed by atoms with Crippen LogP contribution in [0.2, 0.25) is 0 Å². The summed E-state index contributed by atoms with van der Waals surface area (Å²) in [5, 5.41) is 9.64. The molecule has 0 unspecified atom stereocenters. The molecule has 0 saturated heterocycles. The molecule has 0 aromatic carbocycles. The van der Waals surface area contributed by atoms with Gasteiger partial charge in [0.05, 0.1) is 12.2 Å². The van der Waals surface area contributed by atoms with E-state index in [1.54, 1.807) is 11.3 Å². The highest BCUT2D eigenvalue weighted by Gasteiger charge is 2.04. The fourth-order valence-electron chi connectivity index (χ4n) is 1.93. The molecule has 6 nitrogen and oxygen atoms in total. The van der Waals surface area contributed by atoms with Crippen molar-refractivity contribution in [1.82, 2.24) is 20.6 Å². The normalized spacial score (nSPS) is 10.9. The first kappa shape index (κ1) is 20.6. The number of nitrogens with one attached hydrogen (secondary N) is 2. The minimum Gasteiger partial charge on any atom is -0.357 e. The lowest BCUT2D eigenvalue weighted by atomic mass is 10.3. The van der Waals surface area contributed by atoms with Crippen LogP contribution >= 0.6 is 35.3 Å². The Morgan fingerprint density at radius 1 is 1.25 bits per heavy atom. The molecule has 0 atom stereocenters. The Hall–Kier alpha value is -1.42. The van der Waals surface area contributed by atoms with Gasteiger partial charge in [0.25, 0.3) is 0 Å². The smallest absolute Gasteiger partial charge is 0.191 e. The SMILES string of the molecule is CCNC(=NCc1csc(N(C)C)n1)NCCc1ccccn1.I. The average molecular weight is 460 g/mol. The summed E-state index contributed by atoms with van der Waals surface area (Å²) in [6.45, 7) is 4.25. The number of guanidine groups is 1. The molecule has 2 aromatic rings. The third-order valence-corrected chi connectivity index (χ3v) is 4.12. The summed E-state index contributed by atoms with van der Waals surface area (Å²) in [5.74, 6) is 0.808. The third kappa shape index (κ3) is 7.00. The molecule has 8 heteroatoms. The second-order valence-electron chi connectivity index (χ2n) is 5.21. The summed E-state index contributed by atoms with van der Waals surface area (Å²) in [5.41, 5.74) is 2.06. The van der Waals surface area contributed by atoms with Gasteiger partial charge >= 0.3 is 0 Å². The van der Waals surface area contributed by atoms with Gasteiger partial charge in [-0.25, -0.2) is 9.98 Å². The minimum atomic E-state index is 0. The van der Waals surface area contributed by atoms with E-state index >= 15 is 0 Å². The van der Waals surface area contributed by atoms with E-state index in [4.69, 9.17) is 0 Å². The van der Waals surface area contributed by atoms with E-state index in [0.29, 0.717) is 6.54 Å². The Labute approximate surface area is 164 Å². The van der Waals surface area contributed by atoms with Crippen LogP contribution in [-0.4, -0.2) is 43.1 Å². The highest BCUT2D eigenvalue weighted by atomic mass is 127. The maximum Gasteiger partial charge on any atom is 0.191 e. The van der Waals surface area contributed by atoms with Crippen molar-refractivity contribution in [2.75, 3.05) is 32.1 Å². The van der Waals surface area contributed by atoms with Crippen LogP contribution in [0.5, 0.6) is 0 Å². The van der Waals surface area contributed by atoms with Crippen molar-refractivity contribution in [2.24, 2.45) is 4.99 Å². The Bertz CT molecular complexity index is 614. The number of hydrogen-bond acceptors (Lipinski definition) is 5. The van der Waals surface area contributed by atoms with Crippen LogP contribution in [0.25, 0.3) is 0 Å². The second kappa shape index (κ2) is 11.2. The van der Waals surface area contributed by atoms with Gasteiger partial charge in [0.1, 0.15) is 0 Å². The summed E-state index contributed by atoms with van der Waals surface area (Å²) >= 11 is 1.63. The highest BCUT2D eigenvalue weighted by molar-refractivity contribution is 14.0. The van der Waals surface area contributed by atoms with E-state index < -0.39 is 0 Å². The fraction of sp³-hybridized carbons (Fsp3) is 0.438. The van der Waals surface area contributed by atoms with Gasteiger partial charge in [-0.2, -0.15) is 0 Å². The molecular formula is C16H25IN6S. The van der Waals surface area contributed by atoms with Crippen LogP contribution < -0.4 is 15.5 Å².